The van der Waals surface area contributed by atoms with E-state index in [2.05, 4.69) is 11.4 Å². The van der Waals surface area contributed by atoms with E-state index in [-0.39, 0.29) is 5.91 Å². The number of carbonyl (C=O) groups excluding carboxylic acids is 1. The Morgan fingerprint density at radius 1 is 1.13 bits per heavy atom. The molecule has 116 valence electrons. The third kappa shape index (κ3) is 2.18. The zero-order valence-electron chi connectivity index (χ0n) is 12.8. The van der Waals surface area contributed by atoms with Gasteiger partial charge in [-0.1, -0.05) is 11.6 Å². The van der Waals surface area contributed by atoms with Crippen LogP contribution in [0.3, 0.4) is 0 Å². The minimum atomic E-state index is -0.151. The molecule has 0 saturated heterocycles. The van der Waals surface area contributed by atoms with Crippen molar-refractivity contribution in [3.63, 3.8) is 0 Å². The van der Waals surface area contributed by atoms with Gasteiger partial charge in [-0.05, 0) is 36.4 Å². The molecule has 0 fully saturated rings. The van der Waals surface area contributed by atoms with Crippen molar-refractivity contribution in [2.45, 2.75) is 6.61 Å². The lowest BCUT2D eigenvalue weighted by molar-refractivity contribution is -0.110. The summed E-state index contributed by atoms with van der Waals surface area (Å²) in [5.41, 5.74) is 5.28. The number of halogens is 1. The van der Waals surface area contributed by atoms with Gasteiger partial charge in [-0.15, -0.1) is 0 Å². The lowest BCUT2D eigenvalue weighted by Crippen LogP contribution is -2.08. The fraction of sp³-hybridized carbons (Fsp3) is 0.167. The summed E-state index contributed by atoms with van der Waals surface area (Å²) in [6, 6.07) is 11.5. The summed E-state index contributed by atoms with van der Waals surface area (Å²) in [6.45, 7) is 0.471. The molecule has 2 aromatic rings. The van der Waals surface area contributed by atoms with Gasteiger partial charge in [0.15, 0.2) is 0 Å². The Labute approximate surface area is 139 Å². The molecule has 2 aliphatic rings. The third-order valence-electron chi connectivity index (χ3n) is 4.18. The minimum Gasteiger partial charge on any atom is -0.487 e. The molecule has 0 spiro atoms. The first-order valence-electron chi connectivity index (χ1n) is 7.33. The van der Waals surface area contributed by atoms with E-state index < -0.39 is 0 Å². The predicted molar refractivity (Wildman–Crippen MR) is 92.5 cm³/mol. The largest absolute Gasteiger partial charge is 0.487 e. The van der Waals surface area contributed by atoms with Crippen molar-refractivity contribution in [1.29, 1.82) is 0 Å². The van der Waals surface area contributed by atoms with Gasteiger partial charge in [-0.3, -0.25) is 4.79 Å². The van der Waals surface area contributed by atoms with Crippen LogP contribution >= 0.6 is 11.6 Å². The van der Waals surface area contributed by atoms with Gasteiger partial charge in [0.05, 0.1) is 5.57 Å². The summed E-state index contributed by atoms with van der Waals surface area (Å²) >= 11 is 6.09. The Hall–Kier alpha value is -2.46. The van der Waals surface area contributed by atoms with Crippen LogP contribution in [0, 0.1) is 0 Å². The summed E-state index contributed by atoms with van der Waals surface area (Å²) in [5, 5.41) is 3.47. The highest BCUT2D eigenvalue weighted by Gasteiger charge is 2.32. The molecule has 0 aromatic heterocycles. The van der Waals surface area contributed by atoms with Gasteiger partial charge in [0, 0.05) is 47.2 Å². The molecule has 1 N–H and O–H groups in total. The number of ether oxygens (including phenoxy) is 1. The number of hydrogen-bond donors (Lipinski definition) is 1. The summed E-state index contributed by atoms with van der Waals surface area (Å²) < 4.78 is 5.87. The molecular formula is C18H15ClN2O2. The average Bonchev–Trinajstić information content (AvgIpc) is 3.06. The predicted octanol–water partition coefficient (Wildman–Crippen LogP) is 3.76. The summed E-state index contributed by atoms with van der Waals surface area (Å²) in [7, 11) is 4.00. The van der Waals surface area contributed by atoms with Crippen molar-refractivity contribution >= 4 is 40.2 Å². The Morgan fingerprint density at radius 2 is 1.96 bits per heavy atom. The first-order valence-corrected chi connectivity index (χ1v) is 7.71. The quantitative estimate of drug-likeness (QED) is 0.811. The SMILES string of the molecule is CN(C)c1ccc2c(c1)CO/C2=C1/C(=O)Nc2ccc(Cl)cc21. The maximum atomic E-state index is 12.4. The molecular weight excluding hydrogens is 312 g/mol. The molecule has 2 aromatic carbocycles. The first-order chi connectivity index (χ1) is 11.0. The summed E-state index contributed by atoms with van der Waals surface area (Å²) in [4.78, 5) is 14.5. The number of carbonyl (C=O) groups is 1. The van der Waals surface area contributed by atoms with E-state index in [1.54, 1.807) is 12.1 Å². The van der Waals surface area contributed by atoms with Crippen molar-refractivity contribution in [3.05, 3.63) is 58.1 Å². The van der Waals surface area contributed by atoms with Crippen molar-refractivity contribution in [3.8, 4) is 0 Å². The number of hydrogen-bond acceptors (Lipinski definition) is 3. The van der Waals surface area contributed by atoms with Gasteiger partial charge in [-0.2, -0.15) is 0 Å². The lowest BCUT2D eigenvalue weighted by atomic mass is 10.00. The Morgan fingerprint density at radius 3 is 2.74 bits per heavy atom. The number of nitrogens with one attached hydrogen (secondary N) is 1. The molecule has 1 amide bonds. The van der Waals surface area contributed by atoms with Gasteiger partial charge in [0.1, 0.15) is 12.4 Å². The van der Waals surface area contributed by atoms with Crippen LogP contribution in [0.15, 0.2) is 36.4 Å². The second-order valence-electron chi connectivity index (χ2n) is 5.87. The highest BCUT2D eigenvalue weighted by Crippen LogP contribution is 2.42. The molecule has 0 atom stereocenters. The minimum absolute atomic E-state index is 0.151. The Balaban J connectivity index is 1.89. The fourth-order valence-corrected chi connectivity index (χ4v) is 3.17. The summed E-state index contributed by atoms with van der Waals surface area (Å²) in [5.74, 6) is 0.477. The van der Waals surface area contributed by atoms with Crippen LogP contribution in [0.25, 0.3) is 11.3 Å². The van der Waals surface area contributed by atoms with Gasteiger partial charge < -0.3 is 15.0 Å². The van der Waals surface area contributed by atoms with Crippen LogP contribution in [-0.2, 0) is 16.1 Å². The standard InChI is InChI=1S/C18H15ClN2O2/c1-21(2)12-4-5-13-10(7-12)9-23-17(13)16-14-8-11(19)3-6-15(14)20-18(16)22/h3-8H,9H2,1-2H3,(H,20,22)/b17-16+. The van der Waals surface area contributed by atoms with Gasteiger partial charge >= 0.3 is 0 Å². The van der Waals surface area contributed by atoms with Crippen LogP contribution in [0.2, 0.25) is 5.02 Å². The van der Waals surface area contributed by atoms with Crippen LogP contribution in [0.5, 0.6) is 0 Å². The average molecular weight is 327 g/mol. The maximum absolute atomic E-state index is 12.4. The van der Waals surface area contributed by atoms with Crippen LogP contribution in [0.4, 0.5) is 11.4 Å². The number of benzene rings is 2. The highest BCUT2D eigenvalue weighted by molar-refractivity contribution is 6.38. The molecule has 4 rings (SSSR count). The van der Waals surface area contributed by atoms with E-state index in [0.717, 1.165) is 28.1 Å². The fourth-order valence-electron chi connectivity index (χ4n) is 3.00. The highest BCUT2D eigenvalue weighted by atomic mass is 35.5. The van der Waals surface area contributed by atoms with Gasteiger partial charge in [-0.25, -0.2) is 0 Å². The lowest BCUT2D eigenvalue weighted by Gasteiger charge is -2.13. The second kappa shape index (κ2) is 5.03. The maximum Gasteiger partial charge on any atom is 0.260 e. The molecule has 0 saturated carbocycles. The van der Waals surface area contributed by atoms with E-state index in [0.29, 0.717) is 23.0 Å². The first kappa shape index (κ1) is 14.2. The molecule has 0 aliphatic carbocycles. The van der Waals surface area contributed by atoms with Gasteiger partial charge in [0.25, 0.3) is 5.91 Å². The molecule has 4 nitrogen and oxygen atoms in total. The van der Waals surface area contributed by atoms with Crippen molar-refractivity contribution in [2.75, 3.05) is 24.3 Å². The zero-order valence-corrected chi connectivity index (χ0v) is 13.6. The number of anilines is 2. The molecule has 0 radical (unpaired) electrons. The molecule has 2 heterocycles. The molecule has 2 aliphatic heterocycles. The molecule has 23 heavy (non-hydrogen) atoms. The third-order valence-corrected chi connectivity index (χ3v) is 4.41. The van der Waals surface area contributed by atoms with E-state index >= 15 is 0 Å². The van der Waals surface area contributed by atoms with Crippen molar-refractivity contribution in [2.24, 2.45) is 0 Å². The van der Waals surface area contributed by atoms with Crippen LogP contribution in [0.1, 0.15) is 16.7 Å². The van der Waals surface area contributed by atoms with Crippen LogP contribution < -0.4 is 10.2 Å². The summed E-state index contributed by atoms with van der Waals surface area (Å²) in [6.07, 6.45) is 0. The van der Waals surface area contributed by atoms with Gasteiger partial charge in [0.2, 0.25) is 0 Å². The number of nitrogens with zero attached hydrogens (tertiary/aromatic N) is 1. The Bertz CT molecular complexity index is 871. The van der Waals surface area contributed by atoms with E-state index in [1.165, 1.54) is 0 Å². The number of rotatable bonds is 1. The van der Waals surface area contributed by atoms with E-state index in [4.69, 9.17) is 16.3 Å². The molecule has 5 heteroatoms. The molecule has 0 unspecified atom stereocenters. The second-order valence-corrected chi connectivity index (χ2v) is 6.31. The zero-order chi connectivity index (χ0) is 16.1. The normalized spacial score (nSPS) is 18.3. The monoisotopic (exact) mass is 326 g/mol. The smallest absolute Gasteiger partial charge is 0.260 e. The topological polar surface area (TPSA) is 41.6 Å². The van der Waals surface area contributed by atoms with Crippen molar-refractivity contribution < 1.29 is 9.53 Å². The Kier molecular flexibility index (Phi) is 3.10. The number of amides is 1. The van der Waals surface area contributed by atoms with Crippen molar-refractivity contribution in [1.82, 2.24) is 0 Å². The van der Waals surface area contributed by atoms with E-state index in [9.17, 15) is 4.79 Å². The molecule has 0 bridgehead atoms. The van der Waals surface area contributed by atoms with E-state index in [1.807, 2.05) is 37.2 Å². The number of fused-ring (bicyclic) bond motifs is 2. The van der Waals surface area contributed by atoms with Crippen LogP contribution in [-0.4, -0.2) is 20.0 Å².